The maximum atomic E-state index is 4.52. The molecule has 4 heteroatoms. The minimum Gasteiger partial charge on any atom is -0.353 e. The third-order valence-electron chi connectivity index (χ3n) is 3.39. The molecule has 0 amide bonds. The first-order valence-electron chi connectivity index (χ1n) is 8.50. The Hall–Kier alpha value is -1.16. The van der Waals surface area contributed by atoms with E-state index in [1.165, 1.54) is 0 Å². The van der Waals surface area contributed by atoms with Crippen LogP contribution in [0.3, 0.4) is 0 Å². The zero-order valence-electron chi connectivity index (χ0n) is 15.1. The van der Waals surface area contributed by atoms with Crippen molar-refractivity contribution in [3.8, 4) is 0 Å². The van der Waals surface area contributed by atoms with E-state index < -0.39 is 0 Å². The molecule has 0 aromatic carbocycles. The molecule has 1 aliphatic rings. The molecule has 4 nitrogen and oxygen atoms in total. The van der Waals surface area contributed by atoms with Crippen LogP contribution in [0.2, 0.25) is 0 Å². The van der Waals surface area contributed by atoms with Gasteiger partial charge in [-0.15, -0.1) is 0 Å². The fraction of sp³-hybridized carbons (Fsp3) is 0.765. The van der Waals surface area contributed by atoms with Gasteiger partial charge in [0.05, 0.1) is 18.1 Å². The average molecular weight is 294 g/mol. The lowest BCUT2D eigenvalue weighted by molar-refractivity contribution is 0.270. The van der Waals surface area contributed by atoms with Gasteiger partial charge in [0, 0.05) is 26.2 Å². The van der Waals surface area contributed by atoms with Gasteiger partial charge in [-0.05, 0) is 12.5 Å². The molecule has 1 aromatic rings. The highest BCUT2D eigenvalue weighted by atomic mass is 15.3. The molecule has 0 unspecified atom stereocenters. The Morgan fingerprint density at radius 3 is 1.90 bits per heavy atom. The van der Waals surface area contributed by atoms with E-state index in [0.29, 0.717) is 5.92 Å². The van der Waals surface area contributed by atoms with Gasteiger partial charge < -0.3 is 9.80 Å². The van der Waals surface area contributed by atoms with Gasteiger partial charge >= 0.3 is 0 Å². The number of nitrogens with zero attached hydrogens (tertiary/aromatic N) is 4. The fourth-order valence-electron chi connectivity index (χ4n) is 2.09. The molecule has 1 aromatic heterocycles. The summed E-state index contributed by atoms with van der Waals surface area (Å²) in [6.07, 6.45) is 3.82. The van der Waals surface area contributed by atoms with E-state index in [1.54, 1.807) is 0 Å². The van der Waals surface area contributed by atoms with Crippen molar-refractivity contribution < 1.29 is 0 Å². The van der Waals surface area contributed by atoms with Crippen LogP contribution in [0.5, 0.6) is 0 Å². The molecule has 2 heterocycles. The van der Waals surface area contributed by atoms with Crippen LogP contribution in [0.4, 0.5) is 5.82 Å². The Morgan fingerprint density at radius 1 is 0.952 bits per heavy atom. The molecule has 1 aliphatic heterocycles. The summed E-state index contributed by atoms with van der Waals surface area (Å²) < 4.78 is 0. The molecule has 21 heavy (non-hydrogen) atoms. The van der Waals surface area contributed by atoms with Gasteiger partial charge in [-0.25, -0.2) is 4.98 Å². The first-order chi connectivity index (χ1) is 10.2. The van der Waals surface area contributed by atoms with Crippen molar-refractivity contribution in [2.75, 3.05) is 37.6 Å². The Balaban J connectivity index is 0.000000921. The lowest BCUT2D eigenvalue weighted by atomic mass is 10.1. The monoisotopic (exact) mass is 294 g/mol. The van der Waals surface area contributed by atoms with Crippen molar-refractivity contribution in [1.82, 2.24) is 14.9 Å². The smallest absolute Gasteiger partial charge is 0.147 e. The van der Waals surface area contributed by atoms with Crippen molar-refractivity contribution in [1.29, 1.82) is 0 Å². The molecular formula is C17H34N4. The number of aromatic nitrogens is 2. The molecule has 122 valence electrons. The highest BCUT2D eigenvalue weighted by molar-refractivity contribution is 5.36. The van der Waals surface area contributed by atoms with E-state index in [9.17, 15) is 0 Å². The van der Waals surface area contributed by atoms with E-state index in [0.717, 1.165) is 44.2 Å². The number of anilines is 1. The maximum Gasteiger partial charge on any atom is 0.147 e. The predicted octanol–water partition coefficient (Wildman–Crippen LogP) is 3.79. The Kier molecular flexibility index (Phi) is 10.9. The van der Waals surface area contributed by atoms with E-state index in [2.05, 4.69) is 40.5 Å². The Morgan fingerprint density at radius 2 is 1.52 bits per heavy atom. The van der Waals surface area contributed by atoms with Gasteiger partial charge in [-0.3, -0.25) is 4.98 Å². The van der Waals surface area contributed by atoms with Crippen molar-refractivity contribution in [2.45, 2.75) is 54.4 Å². The third-order valence-corrected chi connectivity index (χ3v) is 3.39. The van der Waals surface area contributed by atoms with Crippen molar-refractivity contribution in [3.05, 3.63) is 18.1 Å². The summed E-state index contributed by atoms with van der Waals surface area (Å²) in [7, 11) is 0. The SMILES string of the molecule is CC.CC.CCN1CCN(c2cnc(C(C)C)cn2)CC1. The second-order valence-corrected chi connectivity index (χ2v) is 4.88. The lowest BCUT2D eigenvalue weighted by Crippen LogP contribution is -2.46. The van der Waals surface area contributed by atoms with Gasteiger partial charge in [0.25, 0.3) is 0 Å². The summed E-state index contributed by atoms with van der Waals surface area (Å²) in [5, 5.41) is 0. The molecule has 0 saturated carbocycles. The van der Waals surface area contributed by atoms with Crippen LogP contribution >= 0.6 is 0 Å². The van der Waals surface area contributed by atoms with Gasteiger partial charge in [-0.1, -0.05) is 48.5 Å². The normalized spacial score (nSPS) is 15.0. The molecule has 0 bridgehead atoms. The van der Waals surface area contributed by atoms with Crippen LogP contribution in [-0.2, 0) is 0 Å². The van der Waals surface area contributed by atoms with E-state index in [-0.39, 0.29) is 0 Å². The third kappa shape index (κ3) is 6.42. The molecule has 1 fully saturated rings. The van der Waals surface area contributed by atoms with Gasteiger partial charge in [0.15, 0.2) is 0 Å². The minimum atomic E-state index is 0.452. The second-order valence-electron chi connectivity index (χ2n) is 4.88. The largest absolute Gasteiger partial charge is 0.353 e. The second kappa shape index (κ2) is 11.5. The number of likely N-dealkylation sites (N-methyl/N-ethyl adjacent to an activating group) is 1. The van der Waals surface area contributed by atoms with Gasteiger partial charge in [-0.2, -0.15) is 0 Å². The Labute approximate surface area is 131 Å². The molecule has 1 saturated heterocycles. The van der Waals surface area contributed by atoms with Crippen LogP contribution in [0.15, 0.2) is 12.4 Å². The molecule has 0 N–H and O–H groups in total. The maximum absolute atomic E-state index is 4.52. The van der Waals surface area contributed by atoms with Crippen molar-refractivity contribution in [3.63, 3.8) is 0 Å². The first-order valence-corrected chi connectivity index (χ1v) is 8.50. The number of hydrogen-bond acceptors (Lipinski definition) is 4. The molecular weight excluding hydrogens is 260 g/mol. The van der Waals surface area contributed by atoms with Gasteiger partial charge in [0.2, 0.25) is 0 Å². The molecule has 2 rings (SSSR count). The molecule has 0 atom stereocenters. The van der Waals surface area contributed by atoms with Gasteiger partial charge in [0.1, 0.15) is 5.82 Å². The van der Waals surface area contributed by atoms with Crippen molar-refractivity contribution >= 4 is 5.82 Å². The lowest BCUT2D eigenvalue weighted by Gasteiger charge is -2.34. The number of rotatable bonds is 3. The highest BCUT2D eigenvalue weighted by Crippen LogP contribution is 2.15. The Bertz CT molecular complexity index is 340. The first kappa shape index (κ1) is 19.8. The summed E-state index contributed by atoms with van der Waals surface area (Å²) in [5.74, 6) is 1.47. The number of piperazine rings is 1. The summed E-state index contributed by atoms with van der Waals surface area (Å²) in [6.45, 7) is 20.0. The average Bonchev–Trinajstić information content (AvgIpc) is 2.58. The van der Waals surface area contributed by atoms with Crippen LogP contribution in [0.25, 0.3) is 0 Å². The zero-order valence-corrected chi connectivity index (χ0v) is 15.1. The fourth-order valence-corrected chi connectivity index (χ4v) is 2.09. The highest BCUT2D eigenvalue weighted by Gasteiger charge is 2.16. The summed E-state index contributed by atoms with van der Waals surface area (Å²) >= 11 is 0. The van der Waals surface area contributed by atoms with Crippen LogP contribution in [0, 0.1) is 0 Å². The topological polar surface area (TPSA) is 32.3 Å². The summed E-state index contributed by atoms with van der Waals surface area (Å²) in [4.78, 5) is 13.8. The zero-order chi connectivity index (χ0) is 16.3. The van der Waals surface area contributed by atoms with E-state index in [1.807, 2.05) is 40.1 Å². The minimum absolute atomic E-state index is 0.452. The molecule has 0 radical (unpaired) electrons. The van der Waals surface area contributed by atoms with Crippen LogP contribution in [0.1, 0.15) is 60.1 Å². The predicted molar refractivity (Wildman–Crippen MR) is 93.1 cm³/mol. The summed E-state index contributed by atoms with van der Waals surface area (Å²) in [6, 6.07) is 0. The summed E-state index contributed by atoms with van der Waals surface area (Å²) in [5.41, 5.74) is 1.07. The van der Waals surface area contributed by atoms with Crippen LogP contribution in [-0.4, -0.2) is 47.6 Å². The molecule has 0 aliphatic carbocycles. The quantitative estimate of drug-likeness (QED) is 0.849. The standard InChI is InChI=1S/C13H22N4.2C2H6/c1-4-16-5-7-17(8-6-16)13-10-14-12(9-15-13)11(2)3;2*1-2/h9-11H,4-8H2,1-3H3;2*1-2H3. The van der Waals surface area contributed by atoms with E-state index >= 15 is 0 Å². The van der Waals surface area contributed by atoms with Crippen LogP contribution < -0.4 is 4.90 Å². The molecule has 0 spiro atoms. The number of hydrogen-bond donors (Lipinski definition) is 0. The van der Waals surface area contributed by atoms with E-state index in [4.69, 9.17) is 0 Å². The van der Waals surface area contributed by atoms with Crippen molar-refractivity contribution in [2.24, 2.45) is 0 Å².